The number of amides is 2. The van der Waals surface area contributed by atoms with E-state index in [1.807, 2.05) is 68.4 Å². The van der Waals surface area contributed by atoms with Crippen molar-refractivity contribution in [1.29, 1.82) is 0 Å². The largest absolute Gasteiger partial charge is 0.309 e. The van der Waals surface area contributed by atoms with E-state index in [-0.39, 0.29) is 23.6 Å². The van der Waals surface area contributed by atoms with E-state index < -0.39 is 0 Å². The molecule has 0 spiro atoms. The monoisotopic (exact) mass is 385 g/mol. The molecular formula is C24H23N3O2. The van der Waals surface area contributed by atoms with Crippen LogP contribution >= 0.6 is 0 Å². The molecule has 5 heteroatoms. The van der Waals surface area contributed by atoms with E-state index in [9.17, 15) is 9.59 Å². The Hall–Kier alpha value is -3.47. The highest BCUT2D eigenvalue weighted by molar-refractivity contribution is 6.10. The van der Waals surface area contributed by atoms with Crippen LogP contribution < -0.4 is 9.80 Å². The Bertz CT molecular complexity index is 1050. The van der Waals surface area contributed by atoms with Gasteiger partial charge in [0.15, 0.2) is 0 Å². The lowest BCUT2D eigenvalue weighted by Gasteiger charge is -2.23. The lowest BCUT2D eigenvalue weighted by atomic mass is 10.1. The molecule has 0 radical (unpaired) electrons. The lowest BCUT2D eigenvalue weighted by molar-refractivity contribution is 0.0976. The Labute approximate surface area is 170 Å². The van der Waals surface area contributed by atoms with Gasteiger partial charge in [0.2, 0.25) is 0 Å². The Morgan fingerprint density at radius 1 is 1.07 bits per heavy atom. The van der Waals surface area contributed by atoms with Gasteiger partial charge in [-0.05, 0) is 56.2 Å². The van der Waals surface area contributed by atoms with E-state index in [0.717, 1.165) is 23.4 Å². The van der Waals surface area contributed by atoms with Gasteiger partial charge in [0.25, 0.3) is 11.8 Å². The number of hydrogen-bond acceptors (Lipinski definition) is 3. The fraction of sp³-hybridized carbons (Fsp3) is 0.208. The molecule has 0 saturated heterocycles. The topological polar surface area (TPSA) is 53.5 Å². The van der Waals surface area contributed by atoms with Gasteiger partial charge in [-0.15, -0.1) is 0 Å². The number of anilines is 2. The molecule has 0 N–H and O–H groups in total. The predicted octanol–water partition coefficient (Wildman–Crippen LogP) is 4.34. The summed E-state index contributed by atoms with van der Waals surface area (Å²) in [6.45, 7) is 4.49. The summed E-state index contributed by atoms with van der Waals surface area (Å²) < 4.78 is 0. The van der Waals surface area contributed by atoms with Crippen LogP contribution in [0.1, 0.15) is 40.3 Å². The van der Waals surface area contributed by atoms with Crippen LogP contribution in [0.5, 0.6) is 0 Å². The molecule has 5 nitrogen and oxygen atoms in total. The third kappa shape index (κ3) is 3.51. The molecule has 4 rings (SSSR count). The van der Waals surface area contributed by atoms with Crippen LogP contribution in [-0.4, -0.2) is 29.4 Å². The van der Waals surface area contributed by atoms with Gasteiger partial charge >= 0.3 is 0 Å². The van der Waals surface area contributed by atoms with Gasteiger partial charge in [-0.2, -0.15) is 0 Å². The summed E-state index contributed by atoms with van der Waals surface area (Å²) in [4.78, 5) is 34.1. The molecule has 0 aliphatic carbocycles. The highest BCUT2D eigenvalue weighted by atomic mass is 16.2. The summed E-state index contributed by atoms with van der Waals surface area (Å²) in [6.07, 6.45) is 2.35. The van der Waals surface area contributed by atoms with Crippen LogP contribution in [-0.2, 0) is 6.42 Å². The van der Waals surface area contributed by atoms with E-state index in [1.165, 1.54) is 6.20 Å². The zero-order valence-electron chi connectivity index (χ0n) is 16.6. The van der Waals surface area contributed by atoms with Gasteiger partial charge in [0, 0.05) is 35.7 Å². The van der Waals surface area contributed by atoms with Gasteiger partial charge < -0.3 is 9.80 Å². The Balaban J connectivity index is 1.64. The summed E-state index contributed by atoms with van der Waals surface area (Å²) in [6, 6.07) is 20.8. The molecule has 1 aliphatic rings. The van der Waals surface area contributed by atoms with E-state index in [0.29, 0.717) is 12.1 Å². The molecule has 1 atom stereocenters. The number of fused-ring (bicyclic) bond motifs is 1. The number of carbonyl (C=O) groups excluding carboxylic acids is 2. The molecular weight excluding hydrogens is 362 g/mol. The van der Waals surface area contributed by atoms with E-state index >= 15 is 0 Å². The van der Waals surface area contributed by atoms with Crippen molar-refractivity contribution in [2.24, 2.45) is 0 Å². The van der Waals surface area contributed by atoms with Crippen LogP contribution in [0.2, 0.25) is 0 Å². The lowest BCUT2D eigenvalue weighted by Crippen LogP contribution is -2.36. The first-order chi connectivity index (χ1) is 14.1. The van der Waals surface area contributed by atoms with Gasteiger partial charge in [0.05, 0.1) is 0 Å². The minimum Gasteiger partial charge on any atom is -0.309 e. The number of carbonyl (C=O) groups is 2. The zero-order chi connectivity index (χ0) is 20.4. The molecule has 0 saturated carbocycles. The van der Waals surface area contributed by atoms with E-state index in [2.05, 4.69) is 4.98 Å². The number of benzene rings is 2. The second-order valence-electron chi connectivity index (χ2n) is 7.17. The summed E-state index contributed by atoms with van der Waals surface area (Å²) in [7, 11) is 0. The Morgan fingerprint density at radius 2 is 1.79 bits per heavy atom. The van der Waals surface area contributed by atoms with Crippen molar-refractivity contribution in [2.75, 3.05) is 16.3 Å². The maximum atomic E-state index is 13.2. The molecule has 1 aliphatic heterocycles. The van der Waals surface area contributed by atoms with Gasteiger partial charge in [-0.25, -0.2) is 0 Å². The maximum absolute atomic E-state index is 13.2. The minimum absolute atomic E-state index is 0.0533. The van der Waals surface area contributed by atoms with Crippen molar-refractivity contribution in [2.45, 2.75) is 26.3 Å². The minimum atomic E-state index is -0.181. The zero-order valence-corrected chi connectivity index (χ0v) is 16.6. The normalized spacial score (nSPS) is 15.1. The van der Waals surface area contributed by atoms with Gasteiger partial charge in [0.1, 0.15) is 5.69 Å². The fourth-order valence-electron chi connectivity index (χ4n) is 3.89. The summed E-state index contributed by atoms with van der Waals surface area (Å²) in [5, 5.41) is 0. The smallest absolute Gasteiger partial charge is 0.277 e. The highest BCUT2D eigenvalue weighted by Crippen LogP contribution is 2.33. The first-order valence-corrected chi connectivity index (χ1v) is 9.84. The van der Waals surface area contributed by atoms with Crippen molar-refractivity contribution >= 4 is 23.2 Å². The summed E-state index contributed by atoms with van der Waals surface area (Å²) in [5.74, 6) is -0.329. The number of pyridine rings is 1. The van der Waals surface area contributed by atoms with Crippen molar-refractivity contribution in [3.05, 3.63) is 89.7 Å². The molecule has 0 fully saturated rings. The molecule has 2 amide bonds. The third-order valence-corrected chi connectivity index (χ3v) is 5.28. The molecule has 2 heterocycles. The van der Waals surface area contributed by atoms with Crippen LogP contribution in [0.25, 0.3) is 0 Å². The maximum Gasteiger partial charge on any atom is 0.277 e. The number of hydrogen-bond donors (Lipinski definition) is 0. The molecule has 2 aromatic carbocycles. The number of para-hydroxylation sites is 2. The van der Waals surface area contributed by atoms with Crippen molar-refractivity contribution < 1.29 is 9.59 Å². The van der Waals surface area contributed by atoms with Crippen molar-refractivity contribution in [1.82, 2.24) is 4.98 Å². The first-order valence-electron chi connectivity index (χ1n) is 9.84. The quantitative estimate of drug-likeness (QED) is 0.671. The van der Waals surface area contributed by atoms with Crippen LogP contribution in [0.15, 0.2) is 72.9 Å². The summed E-state index contributed by atoms with van der Waals surface area (Å²) in [5.41, 5.74) is 3.63. The molecule has 146 valence electrons. The number of aromatic nitrogens is 1. The van der Waals surface area contributed by atoms with Crippen molar-refractivity contribution in [3.8, 4) is 0 Å². The molecule has 3 aromatic rings. The molecule has 1 unspecified atom stereocenters. The van der Waals surface area contributed by atoms with Crippen molar-refractivity contribution in [3.63, 3.8) is 0 Å². The molecule has 29 heavy (non-hydrogen) atoms. The average molecular weight is 385 g/mol. The number of rotatable bonds is 4. The Morgan fingerprint density at radius 3 is 2.55 bits per heavy atom. The van der Waals surface area contributed by atoms with E-state index in [1.54, 1.807) is 21.9 Å². The van der Waals surface area contributed by atoms with Crippen LogP contribution in [0.3, 0.4) is 0 Å². The van der Waals surface area contributed by atoms with Crippen LogP contribution in [0, 0.1) is 0 Å². The van der Waals surface area contributed by atoms with Crippen LogP contribution in [0.4, 0.5) is 11.4 Å². The summed E-state index contributed by atoms with van der Waals surface area (Å²) >= 11 is 0. The second kappa shape index (κ2) is 7.87. The Kier molecular flexibility index (Phi) is 5.12. The molecule has 0 bridgehead atoms. The SMILES string of the molecule is CCN(C(=O)c1ccnc(C(=O)N2c3ccccc3CC2C)c1)c1ccccc1. The predicted molar refractivity (Wildman–Crippen MR) is 114 cm³/mol. The third-order valence-electron chi connectivity index (χ3n) is 5.28. The number of nitrogens with zero attached hydrogens (tertiary/aromatic N) is 3. The second-order valence-corrected chi connectivity index (χ2v) is 7.17. The van der Waals surface area contributed by atoms with Gasteiger partial charge in [-0.3, -0.25) is 14.6 Å². The average Bonchev–Trinajstić information content (AvgIpc) is 3.10. The standard InChI is InChI=1S/C24H23N3O2/c1-3-26(20-10-5-4-6-11-20)23(28)19-13-14-25-21(16-19)24(29)27-17(2)15-18-9-7-8-12-22(18)27/h4-14,16-17H,3,15H2,1-2H3. The highest BCUT2D eigenvalue weighted by Gasteiger charge is 2.32. The molecule has 1 aromatic heterocycles. The van der Waals surface area contributed by atoms with E-state index in [4.69, 9.17) is 0 Å². The fourth-order valence-corrected chi connectivity index (χ4v) is 3.89. The first kappa shape index (κ1) is 18.9. The van der Waals surface area contributed by atoms with Gasteiger partial charge in [-0.1, -0.05) is 36.4 Å².